The lowest BCUT2D eigenvalue weighted by Gasteiger charge is -2.09. The first kappa shape index (κ1) is 15.1. The van der Waals surface area contributed by atoms with Crippen LogP contribution >= 0.6 is 11.8 Å². The van der Waals surface area contributed by atoms with Gasteiger partial charge in [-0.3, -0.25) is 0 Å². The molecule has 2 heterocycles. The molecule has 0 saturated heterocycles. The summed E-state index contributed by atoms with van der Waals surface area (Å²) < 4.78 is 7.68. The maximum Gasteiger partial charge on any atom is 0.170 e. The molecule has 0 unspecified atom stereocenters. The fourth-order valence-electron chi connectivity index (χ4n) is 2.17. The van der Waals surface area contributed by atoms with Gasteiger partial charge in [0, 0.05) is 0 Å². The summed E-state index contributed by atoms with van der Waals surface area (Å²) in [5.74, 6) is 1.09. The van der Waals surface area contributed by atoms with Gasteiger partial charge in [-0.25, -0.2) is 15.0 Å². The average Bonchev–Trinajstić information content (AvgIpc) is 2.95. The number of fused-ring (bicyclic) bond motifs is 1. The SMILES string of the molecule is CSc1nc2c(N)ncnc2n1CCOc1ccc(C#N)cc1. The number of hydrogen-bond donors (Lipinski definition) is 1. The van der Waals surface area contributed by atoms with E-state index >= 15 is 0 Å². The van der Waals surface area contributed by atoms with Crippen molar-refractivity contribution in [3.05, 3.63) is 36.2 Å². The van der Waals surface area contributed by atoms with Crippen molar-refractivity contribution in [2.24, 2.45) is 0 Å². The minimum Gasteiger partial charge on any atom is -0.492 e. The number of nitriles is 1. The van der Waals surface area contributed by atoms with E-state index in [9.17, 15) is 0 Å². The Kier molecular flexibility index (Phi) is 4.30. The molecule has 0 bridgehead atoms. The second-order valence-corrected chi connectivity index (χ2v) is 5.44. The first-order chi connectivity index (χ1) is 11.2. The van der Waals surface area contributed by atoms with Gasteiger partial charge in [0.2, 0.25) is 0 Å². The van der Waals surface area contributed by atoms with Crippen LogP contribution in [0.25, 0.3) is 11.2 Å². The van der Waals surface area contributed by atoms with E-state index in [-0.39, 0.29) is 0 Å². The number of aromatic nitrogens is 4. The highest BCUT2D eigenvalue weighted by Crippen LogP contribution is 2.23. The van der Waals surface area contributed by atoms with Crippen LogP contribution in [0.3, 0.4) is 0 Å². The molecule has 8 heteroatoms. The van der Waals surface area contributed by atoms with Gasteiger partial charge in [0.15, 0.2) is 22.1 Å². The molecule has 3 rings (SSSR count). The normalized spacial score (nSPS) is 10.6. The van der Waals surface area contributed by atoms with Crippen molar-refractivity contribution in [1.82, 2.24) is 19.5 Å². The summed E-state index contributed by atoms with van der Waals surface area (Å²) in [5, 5.41) is 9.60. The minimum absolute atomic E-state index is 0.372. The molecule has 0 amide bonds. The lowest BCUT2D eigenvalue weighted by molar-refractivity contribution is 0.295. The van der Waals surface area contributed by atoms with Crippen LogP contribution in [-0.4, -0.2) is 32.4 Å². The summed E-state index contributed by atoms with van der Waals surface area (Å²) in [4.78, 5) is 12.7. The summed E-state index contributed by atoms with van der Waals surface area (Å²) in [6, 6.07) is 9.08. The summed E-state index contributed by atoms with van der Waals surface area (Å²) in [5.41, 5.74) is 7.76. The van der Waals surface area contributed by atoms with Gasteiger partial charge in [0.05, 0.1) is 18.2 Å². The predicted octanol–water partition coefficient (Wildman–Crippen LogP) is 2.08. The van der Waals surface area contributed by atoms with Gasteiger partial charge in [0.25, 0.3) is 0 Å². The fourth-order valence-corrected chi connectivity index (χ4v) is 2.75. The van der Waals surface area contributed by atoms with Gasteiger partial charge in [-0.05, 0) is 30.5 Å². The molecule has 116 valence electrons. The van der Waals surface area contributed by atoms with Crippen molar-refractivity contribution in [2.45, 2.75) is 11.7 Å². The van der Waals surface area contributed by atoms with E-state index in [1.807, 2.05) is 10.8 Å². The third kappa shape index (κ3) is 3.05. The lowest BCUT2D eigenvalue weighted by atomic mass is 10.2. The second kappa shape index (κ2) is 6.54. The number of hydrogen-bond acceptors (Lipinski definition) is 7. The molecule has 7 nitrogen and oxygen atoms in total. The molecule has 23 heavy (non-hydrogen) atoms. The van der Waals surface area contributed by atoms with Crippen molar-refractivity contribution >= 4 is 28.7 Å². The highest BCUT2D eigenvalue weighted by molar-refractivity contribution is 7.98. The molecule has 2 N–H and O–H groups in total. The van der Waals surface area contributed by atoms with Crippen molar-refractivity contribution in [3.8, 4) is 11.8 Å². The second-order valence-electron chi connectivity index (χ2n) is 4.67. The van der Waals surface area contributed by atoms with Crippen molar-refractivity contribution < 1.29 is 4.74 Å². The molecule has 0 radical (unpaired) electrons. The molecule has 0 spiro atoms. The molecule has 0 atom stereocenters. The third-order valence-electron chi connectivity index (χ3n) is 3.27. The van der Waals surface area contributed by atoms with Crippen molar-refractivity contribution in [2.75, 3.05) is 18.6 Å². The smallest absolute Gasteiger partial charge is 0.170 e. The molecular formula is C15H14N6OS. The molecule has 2 aromatic heterocycles. The van der Waals surface area contributed by atoms with Crippen LogP contribution < -0.4 is 10.5 Å². The standard InChI is InChI=1S/C15H14N6OS/c1-23-15-20-12-13(17)18-9-19-14(12)21(15)6-7-22-11-4-2-10(8-16)3-5-11/h2-5,9H,6-7H2,1H3,(H2,17,18,19). The van der Waals surface area contributed by atoms with Gasteiger partial charge in [-0.1, -0.05) is 11.8 Å². The third-order valence-corrected chi connectivity index (χ3v) is 3.95. The topological polar surface area (TPSA) is 103 Å². The number of thioether (sulfide) groups is 1. The highest BCUT2D eigenvalue weighted by Gasteiger charge is 2.13. The largest absolute Gasteiger partial charge is 0.492 e. The highest BCUT2D eigenvalue weighted by atomic mass is 32.2. The molecule has 3 aromatic rings. The van der Waals surface area contributed by atoms with Crippen LogP contribution in [0.1, 0.15) is 5.56 Å². The molecule has 0 aliphatic carbocycles. The molecule has 0 fully saturated rings. The fraction of sp³-hybridized carbons (Fsp3) is 0.200. The van der Waals surface area contributed by atoms with Crippen LogP contribution in [0.4, 0.5) is 5.82 Å². The number of imidazole rings is 1. The predicted molar refractivity (Wildman–Crippen MR) is 88.2 cm³/mol. The van der Waals surface area contributed by atoms with Gasteiger partial charge in [-0.2, -0.15) is 5.26 Å². The number of ether oxygens (including phenoxy) is 1. The molecular weight excluding hydrogens is 312 g/mol. The number of nitrogen functional groups attached to an aromatic ring is 1. The van der Waals surface area contributed by atoms with Crippen LogP contribution in [0.5, 0.6) is 5.75 Å². The van der Waals surface area contributed by atoms with E-state index in [2.05, 4.69) is 21.0 Å². The van der Waals surface area contributed by atoms with E-state index in [0.717, 1.165) is 5.16 Å². The first-order valence-electron chi connectivity index (χ1n) is 6.86. The molecule has 0 aliphatic rings. The Hall–Kier alpha value is -2.79. The lowest BCUT2D eigenvalue weighted by Crippen LogP contribution is -2.10. The minimum atomic E-state index is 0.372. The summed E-state index contributed by atoms with van der Waals surface area (Å²) >= 11 is 1.52. The first-order valence-corrected chi connectivity index (χ1v) is 8.09. The van der Waals surface area contributed by atoms with Gasteiger partial charge in [-0.15, -0.1) is 0 Å². The maximum absolute atomic E-state index is 8.78. The van der Waals surface area contributed by atoms with Crippen LogP contribution in [-0.2, 0) is 6.54 Å². The maximum atomic E-state index is 8.78. The molecule has 1 aromatic carbocycles. The van der Waals surface area contributed by atoms with E-state index in [4.69, 9.17) is 15.7 Å². The van der Waals surface area contributed by atoms with Crippen molar-refractivity contribution in [1.29, 1.82) is 5.26 Å². The Bertz CT molecular complexity index is 868. The van der Waals surface area contributed by atoms with E-state index in [1.54, 1.807) is 24.3 Å². The Morgan fingerprint density at radius 1 is 1.30 bits per heavy atom. The number of nitrogens with two attached hydrogens (primary N) is 1. The van der Waals surface area contributed by atoms with E-state index in [0.29, 0.717) is 41.4 Å². The molecule has 0 aliphatic heterocycles. The Labute approximate surface area is 137 Å². The quantitative estimate of drug-likeness (QED) is 0.716. The number of anilines is 1. The Balaban J connectivity index is 1.76. The van der Waals surface area contributed by atoms with E-state index < -0.39 is 0 Å². The van der Waals surface area contributed by atoms with Gasteiger partial charge < -0.3 is 15.0 Å². The Morgan fingerprint density at radius 3 is 2.78 bits per heavy atom. The zero-order chi connectivity index (χ0) is 16.2. The monoisotopic (exact) mass is 326 g/mol. The van der Waals surface area contributed by atoms with E-state index in [1.165, 1.54) is 18.1 Å². The van der Waals surface area contributed by atoms with Gasteiger partial charge in [0.1, 0.15) is 18.7 Å². The van der Waals surface area contributed by atoms with Crippen LogP contribution in [0, 0.1) is 11.3 Å². The number of nitrogens with zero attached hydrogens (tertiary/aromatic N) is 5. The molecule has 0 saturated carbocycles. The van der Waals surface area contributed by atoms with Crippen molar-refractivity contribution in [3.63, 3.8) is 0 Å². The summed E-state index contributed by atoms with van der Waals surface area (Å²) in [6.07, 6.45) is 3.38. The van der Waals surface area contributed by atoms with Crippen LogP contribution in [0.2, 0.25) is 0 Å². The zero-order valence-corrected chi connectivity index (χ0v) is 13.2. The Morgan fingerprint density at radius 2 is 2.09 bits per heavy atom. The number of benzene rings is 1. The summed E-state index contributed by atoms with van der Waals surface area (Å²) in [7, 11) is 0. The summed E-state index contributed by atoms with van der Waals surface area (Å²) in [6.45, 7) is 1.04. The van der Waals surface area contributed by atoms with Gasteiger partial charge >= 0.3 is 0 Å². The average molecular weight is 326 g/mol. The number of rotatable bonds is 5. The zero-order valence-electron chi connectivity index (χ0n) is 12.4. The van der Waals surface area contributed by atoms with Crippen LogP contribution in [0.15, 0.2) is 35.7 Å².